The average molecular weight is 347 g/mol. The lowest BCUT2D eigenvalue weighted by Crippen LogP contribution is -2.44. The summed E-state index contributed by atoms with van der Waals surface area (Å²) in [6.07, 6.45) is -0.205. The van der Waals surface area contributed by atoms with Crippen molar-refractivity contribution in [3.05, 3.63) is 59.1 Å². The van der Waals surface area contributed by atoms with Crippen molar-refractivity contribution in [1.82, 2.24) is 10.2 Å². The van der Waals surface area contributed by atoms with Crippen molar-refractivity contribution in [1.29, 1.82) is 0 Å². The molecule has 0 bridgehead atoms. The van der Waals surface area contributed by atoms with Crippen LogP contribution in [-0.4, -0.2) is 37.2 Å². The Balaban J connectivity index is 1.49. The molecule has 2 aromatic carbocycles. The van der Waals surface area contributed by atoms with Crippen LogP contribution in [0.3, 0.4) is 0 Å². The summed E-state index contributed by atoms with van der Waals surface area (Å²) in [5, 5.41) is 3.53. The minimum atomic E-state index is -0.205. The fourth-order valence-corrected chi connectivity index (χ4v) is 2.69. The zero-order chi connectivity index (χ0) is 16.9. The molecule has 1 aliphatic rings. The molecule has 0 fully saturated rings. The van der Waals surface area contributed by atoms with Gasteiger partial charge in [-0.2, -0.15) is 0 Å². The van der Waals surface area contributed by atoms with E-state index in [1.807, 2.05) is 48.5 Å². The Bertz CT molecular complexity index is 723. The van der Waals surface area contributed by atoms with Gasteiger partial charge in [-0.25, -0.2) is 4.79 Å². The van der Waals surface area contributed by atoms with Gasteiger partial charge in [-0.3, -0.25) is 0 Å². The predicted octanol–water partition coefficient (Wildman–Crippen LogP) is 3.32. The minimum absolute atomic E-state index is 0.169. The van der Waals surface area contributed by atoms with Crippen molar-refractivity contribution < 1.29 is 14.3 Å². The summed E-state index contributed by atoms with van der Waals surface area (Å²) < 4.78 is 11.5. The van der Waals surface area contributed by atoms with Gasteiger partial charge >= 0.3 is 6.03 Å². The third-order valence-electron chi connectivity index (χ3n) is 3.70. The molecule has 24 heavy (non-hydrogen) atoms. The molecule has 0 unspecified atom stereocenters. The topological polar surface area (TPSA) is 50.8 Å². The molecule has 2 amide bonds. The number of amides is 2. The molecule has 126 valence electrons. The number of halogens is 1. The van der Waals surface area contributed by atoms with Gasteiger partial charge in [0.1, 0.15) is 6.61 Å². The summed E-state index contributed by atoms with van der Waals surface area (Å²) >= 11 is 5.96. The Hall–Kier alpha value is -2.40. The van der Waals surface area contributed by atoms with Crippen molar-refractivity contribution in [2.75, 3.05) is 20.2 Å². The number of urea groups is 1. The molecular formula is C18H19ClN2O3. The molecule has 6 heteroatoms. The van der Waals surface area contributed by atoms with Crippen LogP contribution in [0, 0.1) is 0 Å². The van der Waals surface area contributed by atoms with Gasteiger partial charge in [0.15, 0.2) is 17.6 Å². The molecular weight excluding hydrogens is 328 g/mol. The lowest BCUT2D eigenvalue weighted by molar-refractivity contribution is 0.0904. The fourth-order valence-electron chi connectivity index (χ4n) is 2.48. The maximum atomic E-state index is 12.2. The lowest BCUT2D eigenvalue weighted by Gasteiger charge is -2.27. The van der Waals surface area contributed by atoms with Gasteiger partial charge < -0.3 is 19.7 Å². The van der Waals surface area contributed by atoms with E-state index in [0.29, 0.717) is 30.5 Å². The molecule has 0 saturated carbocycles. The molecule has 1 aliphatic heterocycles. The second kappa shape index (κ2) is 7.45. The number of carbonyl (C=O) groups excluding carboxylic acids is 1. The van der Waals surface area contributed by atoms with Crippen LogP contribution in [0.15, 0.2) is 48.5 Å². The Morgan fingerprint density at radius 2 is 2.04 bits per heavy atom. The van der Waals surface area contributed by atoms with Crippen LogP contribution < -0.4 is 14.8 Å². The first-order valence-electron chi connectivity index (χ1n) is 7.74. The first-order valence-corrected chi connectivity index (χ1v) is 8.11. The van der Waals surface area contributed by atoms with E-state index in [4.69, 9.17) is 21.1 Å². The van der Waals surface area contributed by atoms with E-state index in [2.05, 4.69) is 5.32 Å². The molecule has 0 saturated heterocycles. The highest BCUT2D eigenvalue weighted by Crippen LogP contribution is 2.30. The van der Waals surface area contributed by atoms with Gasteiger partial charge in [-0.05, 0) is 29.8 Å². The fraction of sp³-hybridized carbons (Fsp3) is 0.278. The highest BCUT2D eigenvalue weighted by atomic mass is 35.5. The van der Waals surface area contributed by atoms with E-state index in [1.54, 1.807) is 11.9 Å². The molecule has 1 N–H and O–H groups in total. The minimum Gasteiger partial charge on any atom is -0.486 e. The van der Waals surface area contributed by atoms with Crippen molar-refractivity contribution in [3.63, 3.8) is 0 Å². The van der Waals surface area contributed by atoms with Crippen LogP contribution >= 0.6 is 11.6 Å². The third kappa shape index (κ3) is 4.11. The van der Waals surface area contributed by atoms with Crippen LogP contribution in [0.1, 0.15) is 5.56 Å². The van der Waals surface area contributed by atoms with E-state index in [1.165, 1.54) is 0 Å². The number of ether oxygens (including phenoxy) is 2. The van der Waals surface area contributed by atoms with Crippen molar-refractivity contribution in [2.45, 2.75) is 12.6 Å². The van der Waals surface area contributed by atoms with Gasteiger partial charge in [0, 0.05) is 18.6 Å². The van der Waals surface area contributed by atoms with Gasteiger partial charge in [0.2, 0.25) is 0 Å². The quantitative estimate of drug-likeness (QED) is 0.924. The first-order chi connectivity index (χ1) is 11.6. The summed E-state index contributed by atoms with van der Waals surface area (Å²) in [4.78, 5) is 13.8. The normalized spacial score (nSPS) is 15.7. The number of hydrogen-bond acceptors (Lipinski definition) is 3. The molecule has 3 rings (SSSR count). The molecule has 0 radical (unpaired) electrons. The number of benzene rings is 2. The zero-order valence-corrected chi connectivity index (χ0v) is 14.1. The van der Waals surface area contributed by atoms with Crippen molar-refractivity contribution in [2.24, 2.45) is 0 Å². The van der Waals surface area contributed by atoms with E-state index in [-0.39, 0.29) is 12.1 Å². The number of hydrogen-bond donors (Lipinski definition) is 1. The standard InChI is InChI=1S/C18H19ClN2O3/c1-21(11-13-5-4-6-14(19)9-13)18(22)20-10-15-12-23-16-7-2-3-8-17(16)24-15/h2-9,15H,10-12H2,1H3,(H,20,22)/t15-/m0/s1. The monoisotopic (exact) mass is 346 g/mol. The summed E-state index contributed by atoms with van der Waals surface area (Å²) in [5.41, 5.74) is 0.978. The number of nitrogens with one attached hydrogen (secondary N) is 1. The van der Waals surface area contributed by atoms with E-state index >= 15 is 0 Å². The summed E-state index contributed by atoms with van der Waals surface area (Å²) in [7, 11) is 1.74. The smallest absolute Gasteiger partial charge is 0.317 e. The van der Waals surface area contributed by atoms with E-state index in [9.17, 15) is 4.79 Å². The second-order valence-electron chi connectivity index (χ2n) is 5.67. The number of nitrogens with zero attached hydrogens (tertiary/aromatic N) is 1. The largest absolute Gasteiger partial charge is 0.486 e. The van der Waals surface area contributed by atoms with Crippen molar-refractivity contribution in [3.8, 4) is 11.5 Å². The number of fused-ring (bicyclic) bond motifs is 1. The molecule has 0 aromatic heterocycles. The van der Waals surface area contributed by atoms with Crippen molar-refractivity contribution >= 4 is 17.6 Å². The van der Waals surface area contributed by atoms with Gasteiger partial charge in [0.05, 0.1) is 6.54 Å². The Labute approximate surface area is 146 Å². The van der Waals surface area contributed by atoms with Gasteiger partial charge in [-0.15, -0.1) is 0 Å². The summed E-state index contributed by atoms with van der Waals surface area (Å²) in [6, 6.07) is 14.8. The van der Waals surface area contributed by atoms with E-state index < -0.39 is 0 Å². The molecule has 0 aliphatic carbocycles. The molecule has 0 spiro atoms. The molecule has 2 aromatic rings. The third-order valence-corrected chi connectivity index (χ3v) is 3.94. The zero-order valence-electron chi connectivity index (χ0n) is 13.4. The molecule has 1 atom stereocenters. The Morgan fingerprint density at radius 1 is 1.25 bits per heavy atom. The van der Waals surface area contributed by atoms with Crippen LogP contribution in [0.25, 0.3) is 0 Å². The SMILES string of the molecule is CN(Cc1cccc(Cl)c1)C(=O)NC[C@H]1COc2ccccc2O1. The van der Waals surface area contributed by atoms with Crippen LogP contribution in [0.5, 0.6) is 11.5 Å². The maximum absolute atomic E-state index is 12.2. The Kier molecular flexibility index (Phi) is 5.11. The summed E-state index contributed by atoms with van der Waals surface area (Å²) in [6.45, 7) is 1.28. The van der Waals surface area contributed by atoms with Crippen LogP contribution in [-0.2, 0) is 6.54 Å². The maximum Gasteiger partial charge on any atom is 0.317 e. The van der Waals surface area contributed by atoms with Crippen LogP contribution in [0.4, 0.5) is 4.79 Å². The van der Waals surface area contributed by atoms with Gasteiger partial charge in [0.25, 0.3) is 0 Å². The first kappa shape index (κ1) is 16.5. The van der Waals surface area contributed by atoms with Crippen LogP contribution in [0.2, 0.25) is 5.02 Å². The lowest BCUT2D eigenvalue weighted by atomic mass is 10.2. The van der Waals surface area contributed by atoms with E-state index in [0.717, 1.165) is 11.3 Å². The number of para-hydroxylation sites is 2. The highest BCUT2D eigenvalue weighted by molar-refractivity contribution is 6.30. The highest BCUT2D eigenvalue weighted by Gasteiger charge is 2.21. The second-order valence-corrected chi connectivity index (χ2v) is 6.11. The van der Waals surface area contributed by atoms with Gasteiger partial charge in [-0.1, -0.05) is 35.9 Å². The summed E-state index contributed by atoms with van der Waals surface area (Å²) in [5.74, 6) is 1.44. The number of rotatable bonds is 4. The molecule has 1 heterocycles. The predicted molar refractivity (Wildman–Crippen MR) is 92.7 cm³/mol. The molecule has 5 nitrogen and oxygen atoms in total. The Morgan fingerprint density at radius 3 is 2.83 bits per heavy atom. The number of carbonyl (C=O) groups is 1. The average Bonchev–Trinajstić information content (AvgIpc) is 2.59.